The second-order valence-electron chi connectivity index (χ2n) is 6.70. The van der Waals surface area contributed by atoms with E-state index in [9.17, 15) is 4.79 Å². The van der Waals surface area contributed by atoms with Gasteiger partial charge >= 0.3 is 0 Å². The van der Waals surface area contributed by atoms with Gasteiger partial charge < -0.3 is 19.1 Å². The Hall–Kier alpha value is -3.22. The molecular weight excluding hydrogens is 402 g/mol. The maximum atomic E-state index is 12.2. The minimum atomic E-state index is -0.145. The topological polar surface area (TPSA) is 87.6 Å². The number of piperazine rings is 1. The number of carbonyl (C=O) groups is 1. The zero-order valence-electron chi connectivity index (χ0n) is 16.3. The van der Waals surface area contributed by atoms with Gasteiger partial charge in [-0.1, -0.05) is 17.7 Å². The molecule has 1 fully saturated rings. The standard InChI is InChI=1S/C21H21N5O3S/c1-2-9-25-10-12-26(13-11-25)17-7-5-16(6-8-17)22-19(27)15-30-21-24-23-20(29-21)18-4-3-14-28-18/h1,3-8,14H,9-13,15H2,(H,22,27). The van der Waals surface area contributed by atoms with Crippen LogP contribution in [0.1, 0.15) is 0 Å². The first-order valence-corrected chi connectivity index (χ1v) is 10.5. The van der Waals surface area contributed by atoms with Gasteiger partial charge in [0, 0.05) is 37.6 Å². The van der Waals surface area contributed by atoms with Crippen molar-refractivity contribution in [3.05, 3.63) is 42.7 Å². The first-order valence-electron chi connectivity index (χ1n) is 9.52. The lowest BCUT2D eigenvalue weighted by atomic mass is 10.2. The van der Waals surface area contributed by atoms with E-state index in [4.69, 9.17) is 15.3 Å². The van der Waals surface area contributed by atoms with Gasteiger partial charge in [-0.3, -0.25) is 9.69 Å². The third kappa shape index (κ3) is 5.03. The third-order valence-electron chi connectivity index (χ3n) is 4.67. The van der Waals surface area contributed by atoms with Crippen LogP contribution in [0.4, 0.5) is 11.4 Å². The van der Waals surface area contributed by atoms with Crippen LogP contribution in [0.3, 0.4) is 0 Å². The molecule has 0 unspecified atom stereocenters. The van der Waals surface area contributed by atoms with E-state index in [0.717, 1.165) is 37.6 Å². The van der Waals surface area contributed by atoms with Crippen molar-refractivity contribution >= 4 is 29.0 Å². The summed E-state index contributed by atoms with van der Waals surface area (Å²) in [6, 6.07) is 11.3. The molecule has 9 heteroatoms. The van der Waals surface area contributed by atoms with Gasteiger partial charge in [0.05, 0.1) is 18.6 Å². The van der Waals surface area contributed by atoms with Gasteiger partial charge in [0.1, 0.15) is 0 Å². The van der Waals surface area contributed by atoms with Crippen molar-refractivity contribution in [1.29, 1.82) is 0 Å². The Labute approximate surface area is 178 Å². The van der Waals surface area contributed by atoms with Crippen LogP contribution >= 0.6 is 11.8 Å². The first kappa shape index (κ1) is 20.1. The van der Waals surface area contributed by atoms with E-state index in [2.05, 4.69) is 31.2 Å². The molecule has 4 rings (SSSR count). The molecule has 1 amide bonds. The van der Waals surface area contributed by atoms with E-state index in [-0.39, 0.29) is 11.7 Å². The van der Waals surface area contributed by atoms with Crippen molar-refractivity contribution in [2.24, 2.45) is 0 Å². The van der Waals surface area contributed by atoms with E-state index in [1.165, 1.54) is 18.0 Å². The fourth-order valence-corrected chi connectivity index (χ4v) is 3.70. The number of nitrogens with zero attached hydrogens (tertiary/aromatic N) is 4. The van der Waals surface area contributed by atoms with Crippen molar-refractivity contribution in [2.75, 3.05) is 48.7 Å². The molecule has 0 atom stereocenters. The lowest BCUT2D eigenvalue weighted by molar-refractivity contribution is -0.113. The van der Waals surface area contributed by atoms with Crippen LogP contribution < -0.4 is 10.2 Å². The minimum absolute atomic E-state index is 0.145. The molecule has 2 aromatic heterocycles. The maximum Gasteiger partial charge on any atom is 0.284 e. The largest absolute Gasteiger partial charge is 0.459 e. The number of hydrogen-bond donors (Lipinski definition) is 1. The average Bonchev–Trinajstić information content (AvgIpc) is 3.46. The number of anilines is 2. The number of hydrogen-bond acceptors (Lipinski definition) is 8. The van der Waals surface area contributed by atoms with E-state index in [1.54, 1.807) is 12.1 Å². The van der Waals surface area contributed by atoms with Gasteiger partial charge in [-0.2, -0.15) is 0 Å². The summed E-state index contributed by atoms with van der Waals surface area (Å²) in [6.07, 6.45) is 6.91. The molecule has 3 aromatic rings. The summed E-state index contributed by atoms with van der Waals surface area (Å²) in [5.74, 6) is 3.50. The molecule has 1 aliphatic rings. The lowest BCUT2D eigenvalue weighted by Gasteiger charge is -2.35. The number of carbonyl (C=O) groups excluding carboxylic acids is 1. The normalized spacial score (nSPS) is 14.4. The summed E-state index contributed by atoms with van der Waals surface area (Å²) in [4.78, 5) is 16.8. The maximum absolute atomic E-state index is 12.2. The highest BCUT2D eigenvalue weighted by atomic mass is 32.2. The number of benzene rings is 1. The van der Waals surface area contributed by atoms with Crippen LogP contribution in [0, 0.1) is 12.3 Å². The SMILES string of the molecule is C#CCN1CCN(c2ccc(NC(=O)CSc3nnc(-c4ccco4)o3)cc2)CC1. The number of amides is 1. The van der Waals surface area contributed by atoms with Crippen LogP contribution in [0.2, 0.25) is 0 Å². The molecule has 1 saturated heterocycles. The van der Waals surface area contributed by atoms with Gasteiger partial charge in [-0.05, 0) is 36.4 Å². The van der Waals surface area contributed by atoms with Crippen LogP contribution in [0.15, 0.2) is 56.7 Å². The molecule has 30 heavy (non-hydrogen) atoms. The predicted octanol–water partition coefficient (Wildman–Crippen LogP) is 2.82. The number of terminal acetylenes is 1. The molecular formula is C21H21N5O3S. The van der Waals surface area contributed by atoms with Crippen LogP contribution in [0.25, 0.3) is 11.7 Å². The third-order valence-corrected chi connectivity index (χ3v) is 5.49. The summed E-state index contributed by atoms with van der Waals surface area (Å²) in [5, 5.41) is 11.0. The Bertz CT molecular complexity index is 1000. The first-order chi connectivity index (χ1) is 14.7. The highest BCUT2D eigenvalue weighted by Gasteiger charge is 2.17. The van der Waals surface area contributed by atoms with Gasteiger partial charge in [0.2, 0.25) is 5.91 Å². The van der Waals surface area contributed by atoms with Gasteiger partial charge in [-0.15, -0.1) is 16.6 Å². The van der Waals surface area contributed by atoms with E-state index >= 15 is 0 Å². The fourth-order valence-electron chi connectivity index (χ4n) is 3.14. The average molecular weight is 423 g/mol. The highest BCUT2D eigenvalue weighted by Crippen LogP contribution is 2.24. The molecule has 1 N–H and O–H groups in total. The molecule has 3 heterocycles. The molecule has 1 aromatic carbocycles. The number of aromatic nitrogens is 2. The van der Waals surface area contributed by atoms with Crippen molar-refractivity contribution in [3.8, 4) is 24.0 Å². The Morgan fingerprint density at radius 3 is 2.67 bits per heavy atom. The molecule has 154 valence electrons. The lowest BCUT2D eigenvalue weighted by Crippen LogP contribution is -2.46. The summed E-state index contributed by atoms with van der Waals surface area (Å²) >= 11 is 1.18. The predicted molar refractivity (Wildman–Crippen MR) is 115 cm³/mol. The van der Waals surface area contributed by atoms with Gasteiger partial charge in [0.25, 0.3) is 11.1 Å². The molecule has 0 spiro atoms. The zero-order valence-corrected chi connectivity index (χ0v) is 17.1. The van der Waals surface area contributed by atoms with Crippen molar-refractivity contribution in [2.45, 2.75) is 5.22 Å². The number of furan rings is 1. The second-order valence-corrected chi connectivity index (χ2v) is 7.63. The van der Waals surface area contributed by atoms with E-state index in [1.807, 2.05) is 24.3 Å². The summed E-state index contributed by atoms with van der Waals surface area (Å²) in [6.45, 7) is 4.49. The molecule has 0 bridgehead atoms. The molecule has 0 saturated carbocycles. The summed E-state index contributed by atoms with van der Waals surface area (Å²) < 4.78 is 10.7. The Kier molecular flexibility index (Phi) is 6.37. The van der Waals surface area contributed by atoms with Crippen LogP contribution in [0.5, 0.6) is 0 Å². The smallest absolute Gasteiger partial charge is 0.284 e. The Balaban J connectivity index is 1.24. The Morgan fingerprint density at radius 1 is 1.17 bits per heavy atom. The van der Waals surface area contributed by atoms with Crippen LogP contribution in [-0.2, 0) is 4.79 Å². The molecule has 1 aliphatic heterocycles. The van der Waals surface area contributed by atoms with Crippen LogP contribution in [-0.4, -0.2) is 59.5 Å². The van der Waals surface area contributed by atoms with Gasteiger partial charge in [0.15, 0.2) is 5.76 Å². The molecule has 0 aliphatic carbocycles. The van der Waals surface area contributed by atoms with E-state index < -0.39 is 0 Å². The number of rotatable bonds is 7. The van der Waals surface area contributed by atoms with Crippen molar-refractivity contribution in [3.63, 3.8) is 0 Å². The van der Waals surface area contributed by atoms with E-state index in [0.29, 0.717) is 23.4 Å². The minimum Gasteiger partial charge on any atom is -0.459 e. The molecule has 0 radical (unpaired) electrons. The number of nitrogens with one attached hydrogen (secondary N) is 1. The Morgan fingerprint density at radius 2 is 1.97 bits per heavy atom. The second kappa shape index (κ2) is 9.52. The number of thioether (sulfide) groups is 1. The highest BCUT2D eigenvalue weighted by molar-refractivity contribution is 7.99. The summed E-state index contributed by atoms with van der Waals surface area (Å²) in [5.41, 5.74) is 1.89. The fraction of sp³-hybridized carbons (Fsp3) is 0.286. The molecule has 8 nitrogen and oxygen atoms in total. The van der Waals surface area contributed by atoms with Crippen molar-refractivity contribution in [1.82, 2.24) is 15.1 Å². The summed E-state index contributed by atoms with van der Waals surface area (Å²) in [7, 11) is 0. The van der Waals surface area contributed by atoms with Crippen molar-refractivity contribution < 1.29 is 13.6 Å². The quantitative estimate of drug-likeness (QED) is 0.459. The zero-order chi connectivity index (χ0) is 20.8. The van der Waals surface area contributed by atoms with Gasteiger partial charge in [-0.25, -0.2) is 0 Å². The monoisotopic (exact) mass is 423 g/mol.